The minimum absolute atomic E-state index is 0.238. The van der Waals surface area contributed by atoms with Crippen molar-refractivity contribution >= 4 is 50.0 Å². The fraction of sp³-hybridized carbons (Fsp3) is 0.0833. The van der Waals surface area contributed by atoms with E-state index in [-0.39, 0.29) is 11.6 Å². The molecule has 0 saturated heterocycles. The molecule has 5 aromatic rings. The van der Waals surface area contributed by atoms with Gasteiger partial charge in [0, 0.05) is 12.2 Å². The Morgan fingerprint density at radius 1 is 0.969 bits per heavy atom. The van der Waals surface area contributed by atoms with Crippen LogP contribution in [0.4, 0.5) is 11.5 Å². The number of anilines is 2. The molecule has 0 aliphatic rings. The second-order valence-corrected chi connectivity index (χ2v) is 7.99. The van der Waals surface area contributed by atoms with Crippen molar-refractivity contribution in [3.8, 4) is 5.75 Å². The number of aromatic nitrogens is 3. The Bertz CT molecular complexity index is 1420. The molecule has 0 radical (unpaired) electrons. The van der Waals surface area contributed by atoms with Crippen LogP contribution in [0.1, 0.15) is 16.1 Å². The Kier molecular flexibility index (Phi) is 5.35. The van der Waals surface area contributed by atoms with Crippen molar-refractivity contribution in [2.45, 2.75) is 6.54 Å². The quantitative estimate of drug-likeness (QED) is 0.389. The first-order valence-electron chi connectivity index (χ1n) is 9.98. The summed E-state index contributed by atoms with van der Waals surface area (Å²) in [5, 5.41) is 6.21. The second-order valence-electron chi connectivity index (χ2n) is 7.10. The number of benzene rings is 3. The van der Waals surface area contributed by atoms with E-state index in [0.717, 1.165) is 27.2 Å². The predicted molar refractivity (Wildman–Crippen MR) is 127 cm³/mol. The molecule has 0 atom stereocenters. The highest BCUT2D eigenvalue weighted by Crippen LogP contribution is 2.26. The lowest BCUT2D eigenvalue weighted by atomic mass is 10.2. The molecule has 0 unspecified atom stereocenters. The monoisotopic (exact) mass is 441 g/mol. The number of rotatable bonds is 6. The van der Waals surface area contributed by atoms with Crippen LogP contribution in [0.2, 0.25) is 0 Å². The Labute approximate surface area is 188 Å². The van der Waals surface area contributed by atoms with Gasteiger partial charge in [0.05, 0.1) is 33.9 Å². The number of carbonyl (C=O) groups is 1. The number of thiazole rings is 1. The van der Waals surface area contributed by atoms with E-state index in [2.05, 4.69) is 25.6 Å². The molecule has 1 amide bonds. The highest BCUT2D eigenvalue weighted by molar-refractivity contribution is 7.16. The van der Waals surface area contributed by atoms with E-state index in [0.29, 0.717) is 23.4 Å². The fourth-order valence-corrected chi connectivity index (χ4v) is 4.04. The van der Waals surface area contributed by atoms with Crippen molar-refractivity contribution in [1.82, 2.24) is 20.3 Å². The third-order valence-electron chi connectivity index (χ3n) is 4.99. The predicted octanol–water partition coefficient (Wildman–Crippen LogP) is 4.92. The molecule has 5 rings (SSSR count). The largest absolute Gasteiger partial charge is 0.497 e. The van der Waals surface area contributed by atoms with Crippen molar-refractivity contribution in [3.05, 3.63) is 83.5 Å². The van der Waals surface area contributed by atoms with Crippen molar-refractivity contribution in [1.29, 1.82) is 0 Å². The van der Waals surface area contributed by atoms with Gasteiger partial charge < -0.3 is 15.4 Å². The van der Waals surface area contributed by atoms with Crippen LogP contribution in [0.25, 0.3) is 21.3 Å². The number of para-hydroxylation sites is 2. The van der Waals surface area contributed by atoms with Crippen molar-refractivity contribution < 1.29 is 9.53 Å². The summed E-state index contributed by atoms with van der Waals surface area (Å²) in [4.78, 5) is 26.7. The Morgan fingerprint density at radius 2 is 1.75 bits per heavy atom. The molecule has 2 N–H and O–H groups in total. The van der Waals surface area contributed by atoms with E-state index in [1.807, 2.05) is 72.2 Å². The number of methoxy groups -OCH3 is 1. The second kappa shape index (κ2) is 8.60. The third-order valence-corrected chi connectivity index (χ3v) is 5.78. The molecule has 2 heterocycles. The fourth-order valence-electron chi connectivity index (χ4n) is 3.32. The van der Waals surface area contributed by atoms with Crippen LogP contribution in [0, 0.1) is 0 Å². The van der Waals surface area contributed by atoms with Gasteiger partial charge in [-0.3, -0.25) is 4.79 Å². The summed E-state index contributed by atoms with van der Waals surface area (Å²) in [5.41, 5.74) is 6.12. The SMILES string of the molecule is COc1ccc(CNC(=O)c2nc3ccccc3nc2Nc2ccc3ncsc3c2)cc1. The zero-order chi connectivity index (χ0) is 21.9. The summed E-state index contributed by atoms with van der Waals surface area (Å²) >= 11 is 1.56. The van der Waals surface area contributed by atoms with E-state index >= 15 is 0 Å². The van der Waals surface area contributed by atoms with E-state index in [1.165, 1.54) is 0 Å². The van der Waals surface area contributed by atoms with Crippen LogP contribution in [-0.2, 0) is 6.54 Å². The summed E-state index contributed by atoms with van der Waals surface area (Å²) < 4.78 is 6.23. The zero-order valence-corrected chi connectivity index (χ0v) is 18.0. The normalized spacial score (nSPS) is 10.9. The molecular weight excluding hydrogens is 422 g/mol. The van der Waals surface area contributed by atoms with Gasteiger partial charge in [-0.1, -0.05) is 24.3 Å². The number of hydrogen-bond donors (Lipinski definition) is 2. The molecule has 3 aromatic carbocycles. The summed E-state index contributed by atoms with van der Waals surface area (Å²) in [6.07, 6.45) is 0. The number of ether oxygens (including phenoxy) is 1. The first-order chi connectivity index (χ1) is 15.7. The molecule has 158 valence electrons. The summed E-state index contributed by atoms with van der Waals surface area (Å²) in [6, 6.07) is 20.9. The van der Waals surface area contributed by atoms with Crippen LogP contribution >= 0.6 is 11.3 Å². The van der Waals surface area contributed by atoms with E-state index in [4.69, 9.17) is 4.74 Å². The van der Waals surface area contributed by atoms with Gasteiger partial charge >= 0.3 is 0 Å². The van der Waals surface area contributed by atoms with Crippen molar-refractivity contribution in [2.24, 2.45) is 0 Å². The molecule has 32 heavy (non-hydrogen) atoms. The van der Waals surface area contributed by atoms with Gasteiger partial charge in [-0.2, -0.15) is 0 Å². The maximum absolute atomic E-state index is 13.1. The molecular formula is C24H19N5O2S. The minimum atomic E-state index is -0.305. The van der Waals surface area contributed by atoms with Gasteiger partial charge in [0.2, 0.25) is 0 Å². The standard InChI is InChI=1S/C24H19N5O2S/c1-31-17-9-6-15(7-10-17)13-25-24(30)22-23(29-19-5-3-2-4-18(19)28-22)27-16-8-11-20-21(12-16)32-14-26-20/h2-12,14H,13H2,1H3,(H,25,30)(H,27,29). The maximum atomic E-state index is 13.1. The molecule has 0 fully saturated rings. The van der Waals surface area contributed by atoms with Crippen molar-refractivity contribution in [3.63, 3.8) is 0 Å². The number of carbonyl (C=O) groups excluding carboxylic acids is 1. The number of nitrogens with one attached hydrogen (secondary N) is 2. The number of nitrogens with zero attached hydrogens (tertiary/aromatic N) is 3. The Balaban J connectivity index is 1.45. The van der Waals surface area contributed by atoms with Crippen molar-refractivity contribution in [2.75, 3.05) is 12.4 Å². The van der Waals surface area contributed by atoms with E-state index < -0.39 is 0 Å². The lowest BCUT2D eigenvalue weighted by molar-refractivity contribution is 0.0947. The van der Waals surface area contributed by atoms with E-state index in [9.17, 15) is 4.79 Å². The van der Waals surface area contributed by atoms with Gasteiger partial charge in [-0.15, -0.1) is 11.3 Å². The van der Waals surface area contributed by atoms with Crippen LogP contribution in [0.3, 0.4) is 0 Å². The van der Waals surface area contributed by atoms with Gasteiger partial charge in [-0.25, -0.2) is 15.0 Å². The molecule has 0 spiro atoms. The molecule has 0 aliphatic heterocycles. The van der Waals surface area contributed by atoms with Crippen LogP contribution in [-0.4, -0.2) is 28.0 Å². The maximum Gasteiger partial charge on any atom is 0.274 e. The molecule has 0 aliphatic carbocycles. The summed E-state index contributed by atoms with van der Waals surface area (Å²) in [6.45, 7) is 0.365. The molecule has 8 heteroatoms. The highest BCUT2D eigenvalue weighted by atomic mass is 32.1. The number of hydrogen-bond acceptors (Lipinski definition) is 7. The van der Waals surface area contributed by atoms with Crippen LogP contribution in [0.5, 0.6) is 5.75 Å². The Morgan fingerprint density at radius 3 is 2.53 bits per heavy atom. The molecule has 0 bridgehead atoms. The summed E-state index contributed by atoms with van der Waals surface area (Å²) in [5.74, 6) is 0.866. The van der Waals surface area contributed by atoms with E-state index in [1.54, 1.807) is 18.4 Å². The topological polar surface area (TPSA) is 89.0 Å². The molecule has 2 aromatic heterocycles. The highest BCUT2D eigenvalue weighted by Gasteiger charge is 2.17. The van der Waals surface area contributed by atoms with Gasteiger partial charge in [0.1, 0.15) is 5.75 Å². The van der Waals surface area contributed by atoms with Gasteiger partial charge in [-0.05, 0) is 48.0 Å². The lowest BCUT2D eigenvalue weighted by Gasteiger charge is -2.12. The van der Waals surface area contributed by atoms with Gasteiger partial charge in [0.15, 0.2) is 11.5 Å². The lowest BCUT2D eigenvalue weighted by Crippen LogP contribution is -2.25. The zero-order valence-electron chi connectivity index (χ0n) is 17.2. The number of fused-ring (bicyclic) bond motifs is 2. The van der Waals surface area contributed by atoms with Crippen LogP contribution in [0.15, 0.2) is 72.2 Å². The van der Waals surface area contributed by atoms with Gasteiger partial charge in [0.25, 0.3) is 5.91 Å². The molecule has 7 nitrogen and oxygen atoms in total. The average molecular weight is 442 g/mol. The minimum Gasteiger partial charge on any atom is -0.497 e. The first-order valence-corrected chi connectivity index (χ1v) is 10.9. The smallest absolute Gasteiger partial charge is 0.274 e. The molecule has 0 saturated carbocycles. The number of amides is 1. The average Bonchev–Trinajstić information content (AvgIpc) is 3.30. The Hall–Kier alpha value is -4.04. The summed E-state index contributed by atoms with van der Waals surface area (Å²) in [7, 11) is 1.62. The first kappa shape index (κ1) is 19.9. The van der Waals surface area contributed by atoms with Crippen LogP contribution < -0.4 is 15.4 Å². The third kappa shape index (κ3) is 4.08.